The Morgan fingerprint density at radius 3 is 1.04 bits per heavy atom. The van der Waals surface area contributed by atoms with Gasteiger partial charge in [-0.3, -0.25) is 0 Å². The summed E-state index contributed by atoms with van der Waals surface area (Å²) >= 11 is 0. The van der Waals surface area contributed by atoms with E-state index in [0.717, 1.165) is 35.9 Å². The van der Waals surface area contributed by atoms with Gasteiger partial charge in [0.2, 0.25) is 0 Å². The summed E-state index contributed by atoms with van der Waals surface area (Å²) in [4.78, 5) is 39.9. The quantitative estimate of drug-likeness (QED) is 0.326. The van der Waals surface area contributed by atoms with Gasteiger partial charge in [-0.05, 0) is 59.8 Å². The van der Waals surface area contributed by atoms with Crippen LogP contribution in [0.15, 0.2) is 94.2 Å². The molecule has 14 nitrogen and oxygen atoms in total. The normalized spacial score (nSPS) is 34.4. The highest BCUT2D eigenvalue weighted by atomic mass is 16.3. The van der Waals surface area contributed by atoms with E-state index in [4.69, 9.17) is 40.3 Å². The van der Waals surface area contributed by atoms with Crippen LogP contribution in [0.25, 0.3) is 0 Å². The molecule has 11 rings (SSSR count). The molecule has 4 aromatic rings. The van der Waals surface area contributed by atoms with Gasteiger partial charge in [-0.15, -0.1) is 0 Å². The van der Waals surface area contributed by atoms with Crippen LogP contribution < -0.4 is 0 Å². The van der Waals surface area contributed by atoms with Gasteiger partial charge in [-0.1, -0.05) is 0 Å². The van der Waals surface area contributed by atoms with Crippen LogP contribution in [-0.2, 0) is 0 Å². The van der Waals surface area contributed by atoms with E-state index in [9.17, 15) is 5.11 Å². The van der Waals surface area contributed by atoms with Crippen molar-refractivity contribution in [2.24, 2.45) is 79.6 Å². The zero-order valence-corrected chi connectivity index (χ0v) is 25.8. The summed E-state index contributed by atoms with van der Waals surface area (Å²) < 4.78 is 0. The Morgan fingerprint density at radius 1 is 0.458 bits per heavy atom. The Bertz CT molecular complexity index is 1830. The predicted octanol–water partition coefficient (Wildman–Crippen LogP) is 1.47. The molecule has 14 heteroatoms. The van der Waals surface area contributed by atoms with Crippen molar-refractivity contribution >= 4 is 22.8 Å². The number of aliphatic hydroxyl groups excluding tert-OH is 1. The largest absolute Gasteiger partial charge is 0.395 e. The minimum absolute atomic E-state index is 0.0144. The van der Waals surface area contributed by atoms with Crippen molar-refractivity contribution in [2.75, 3.05) is 26.2 Å². The lowest BCUT2D eigenvalue weighted by atomic mass is 9.32. The molecule has 5 fully saturated rings. The van der Waals surface area contributed by atoms with Crippen molar-refractivity contribution in [3.05, 3.63) is 97.1 Å². The number of nitrogens with zero attached hydrogens (tertiary/aromatic N) is 13. The smallest absolute Gasteiger partial charge is 0.176 e. The molecule has 7 aliphatic rings. The summed E-state index contributed by atoms with van der Waals surface area (Å²) in [5, 5.41) is 29.5. The molecule has 48 heavy (non-hydrogen) atoms. The second-order valence-electron chi connectivity index (χ2n) is 13.5. The van der Waals surface area contributed by atoms with Crippen molar-refractivity contribution in [2.45, 2.75) is 0 Å². The molecule has 4 aromatic heterocycles. The average molecular weight is 638 g/mol. The first-order valence-electron chi connectivity index (χ1n) is 16.6. The van der Waals surface area contributed by atoms with Crippen molar-refractivity contribution in [1.82, 2.24) is 44.8 Å². The fraction of sp³-hybridized carbons (Fsp3) is 0.412. The van der Waals surface area contributed by atoms with E-state index in [-0.39, 0.29) is 54.0 Å². The van der Waals surface area contributed by atoms with Crippen molar-refractivity contribution in [3.63, 3.8) is 0 Å². The van der Waals surface area contributed by atoms with E-state index < -0.39 is 0 Å². The zero-order valence-electron chi connectivity index (χ0n) is 25.8. The first-order valence-corrected chi connectivity index (χ1v) is 16.6. The Hall–Kier alpha value is -5.08. The summed E-state index contributed by atoms with van der Waals surface area (Å²) in [7, 11) is 0. The highest BCUT2D eigenvalue weighted by Crippen LogP contribution is 2.72. The zero-order chi connectivity index (χ0) is 31.8. The van der Waals surface area contributed by atoms with Crippen molar-refractivity contribution < 1.29 is 5.11 Å². The van der Waals surface area contributed by atoms with Gasteiger partial charge in [-0.2, -0.15) is 20.4 Å². The number of β-amino-alcohol motifs (C(OH)–C–C–N with tert-alkyl or cyclic N) is 1. The number of hydrogen-bond donors (Lipinski definition) is 1. The van der Waals surface area contributed by atoms with E-state index in [2.05, 4.69) is 24.8 Å². The van der Waals surface area contributed by atoms with Gasteiger partial charge < -0.3 is 10.0 Å². The molecule has 1 N–H and O–H groups in total. The minimum atomic E-state index is -0.0144. The van der Waals surface area contributed by atoms with E-state index in [1.54, 1.807) is 49.6 Å². The number of likely N-dealkylation sites (tertiary alicyclic amines) is 1. The molecule has 0 spiro atoms. The van der Waals surface area contributed by atoms with Gasteiger partial charge in [0.05, 0.1) is 6.61 Å². The highest BCUT2D eigenvalue weighted by Gasteiger charge is 2.75. The van der Waals surface area contributed by atoms with Crippen LogP contribution >= 0.6 is 0 Å². The molecular weight excluding hydrogens is 606 g/mol. The van der Waals surface area contributed by atoms with Gasteiger partial charge in [0, 0.05) is 92.9 Å². The fourth-order valence-electron chi connectivity index (χ4n) is 10.3. The lowest BCUT2D eigenvalue weighted by Gasteiger charge is -2.71. The molecule has 0 aromatic carbocycles. The molecule has 7 heterocycles. The van der Waals surface area contributed by atoms with Crippen LogP contribution in [0.4, 0.5) is 0 Å². The van der Waals surface area contributed by atoms with Crippen LogP contribution in [0.3, 0.4) is 0 Å². The van der Waals surface area contributed by atoms with Crippen LogP contribution in [0.2, 0.25) is 0 Å². The van der Waals surface area contributed by atoms with E-state index >= 15 is 0 Å². The third-order valence-electron chi connectivity index (χ3n) is 11.6. The van der Waals surface area contributed by atoms with E-state index in [1.165, 1.54) is 0 Å². The molecule has 4 aliphatic carbocycles. The summed E-state index contributed by atoms with van der Waals surface area (Å²) in [6.07, 6.45) is 14.1. The summed E-state index contributed by atoms with van der Waals surface area (Å²) in [6, 6.07) is 7.30. The monoisotopic (exact) mass is 637 g/mol. The predicted molar refractivity (Wildman–Crippen MR) is 173 cm³/mol. The fourth-order valence-corrected chi connectivity index (χ4v) is 10.3. The second-order valence-corrected chi connectivity index (χ2v) is 13.5. The van der Waals surface area contributed by atoms with Crippen LogP contribution in [-0.4, -0.2) is 99.0 Å². The molecule has 10 atom stereocenters. The topological polar surface area (TPSA) is 176 Å². The van der Waals surface area contributed by atoms with Crippen LogP contribution in [0, 0.1) is 59.2 Å². The number of hydrogen-bond acceptors (Lipinski definition) is 14. The number of aromatic nitrogens is 8. The summed E-state index contributed by atoms with van der Waals surface area (Å²) in [6.45, 7) is 2.58. The minimum Gasteiger partial charge on any atom is -0.395 e. The second kappa shape index (κ2) is 11.0. The molecular formula is C34H31N13O. The van der Waals surface area contributed by atoms with Crippen molar-refractivity contribution in [1.29, 1.82) is 0 Å². The summed E-state index contributed by atoms with van der Waals surface area (Å²) in [5.41, 5.74) is 3.28. The Morgan fingerprint density at radius 2 is 0.750 bits per heavy atom. The highest BCUT2D eigenvalue weighted by molar-refractivity contribution is 6.12. The van der Waals surface area contributed by atoms with E-state index in [0.29, 0.717) is 41.7 Å². The average Bonchev–Trinajstić information content (AvgIpc) is 3.58. The lowest BCUT2D eigenvalue weighted by Crippen LogP contribution is -2.74. The molecule has 3 aliphatic heterocycles. The third-order valence-corrected chi connectivity index (χ3v) is 11.6. The standard InChI is InChI=1S/C34H31N13O/c48-14-13-47-15-17-18(16-47)20-22-21(25-26(22)30(34-41-11-4-12-42-34)46-45-29(25)33-39-9-3-10-40-33)19(17)23-24(20)28(32-37-7-2-8-38-32)44-43-27(23)31-35-5-1-6-36-31/h1-12,17-26,48H,13-16H2. The molecule has 4 saturated carbocycles. The molecule has 238 valence electrons. The molecule has 10 unspecified atom stereocenters. The van der Waals surface area contributed by atoms with Crippen LogP contribution in [0.1, 0.15) is 23.3 Å². The van der Waals surface area contributed by atoms with Gasteiger partial charge >= 0.3 is 0 Å². The molecule has 1 saturated heterocycles. The number of aliphatic hydroxyl groups is 1. The molecule has 0 radical (unpaired) electrons. The maximum Gasteiger partial charge on any atom is 0.176 e. The Balaban J connectivity index is 1.18. The maximum absolute atomic E-state index is 10.0. The molecule has 2 bridgehead atoms. The third kappa shape index (κ3) is 3.99. The van der Waals surface area contributed by atoms with Gasteiger partial charge in [0.15, 0.2) is 23.3 Å². The Kier molecular flexibility index (Phi) is 6.41. The van der Waals surface area contributed by atoms with Gasteiger partial charge in [-0.25, -0.2) is 39.9 Å². The first kappa shape index (κ1) is 28.0. The van der Waals surface area contributed by atoms with Gasteiger partial charge in [0.1, 0.15) is 22.8 Å². The number of fused-ring (bicyclic) bond motifs is 1. The number of rotatable bonds is 6. The Labute approximate surface area is 275 Å². The van der Waals surface area contributed by atoms with Crippen LogP contribution in [0.5, 0.6) is 0 Å². The van der Waals surface area contributed by atoms with Gasteiger partial charge in [0.25, 0.3) is 0 Å². The first-order chi connectivity index (χ1) is 23.8. The maximum atomic E-state index is 10.0. The summed E-state index contributed by atoms with van der Waals surface area (Å²) in [5.74, 6) is 3.99. The van der Waals surface area contributed by atoms with E-state index in [1.807, 2.05) is 24.3 Å². The van der Waals surface area contributed by atoms with Crippen molar-refractivity contribution in [3.8, 4) is 0 Å². The SMILES string of the molecule is OCCN1CC2C(C1)C1C3C(c4ncccn4)=NN=C(c4ncccn4)C3C2C2C3C(c4ncccn4)=NN=C(c4ncccn4)C3C12. The lowest BCUT2D eigenvalue weighted by molar-refractivity contribution is -0.180. The molecule has 0 amide bonds.